The Morgan fingerprint density at radius 3 is 2.80 bits per heavy atom. The molecule has 3 nitrogen and oxygen atoms in total. The quantitative estimate of drug-likeness (QED) is 0.923. The van der Waals surface area contributed by atoms with E-state index in [-0.39, 0.29) is 6.04 Å². The van der Waals surface area contributed by atoms with E-state index in [1.807, 2.05) is 13.8 Å². The predicted octanol–water partition coefficient (Wildman–Crippen LogP) is 3.53. The van der Waals surface area contributed by atoms with Gasteiger partial charge < -0.3 is 14.5 Å². The summed E-state index contributed by atoms with van der Waals surface area (Å²) in [5, 5.41) is 3.56. The number of nitrogens with one attached hydrogen (secondary N) is 1. The first-order valence-electron chi connectivity index (χ1n) is 7.25. The summed E-state index contributed by atoms with van der Waals surface area (Å²) in [7, 11) is 0. The molecule has 0 bridgehead atoms. The number of fused-ring (bicyclic) bond motifs is 1. The van der Waals surface area contributed by atoms with Crippen LogP contribution in [0.3, 0.4) is 0 Å². The summed E-state index contributed by atoms with van der Waals surface area (Å²) in [6.07, 6.45) is 1.01. The molecule has 0 spiro atoms. The Hall–Kier alpha value is -1.74. The molecule has 3 heteroatoms. The molecule has 2 aromatic rings. The molecule has 1 aliphatic heterocycles. The first kappa shape index (κ1) is 13.3. The van der Waals surface area contributed by atoms with Crippen LogP contribution in [0, 0.1) is 13.8 Å². The van der Waals surface area contributed by atoms with Crippen molar-refractivity contribution in [2.75, 3.05) is 13.2 Å². The summed E-state index contributed by atoms with van der Waals surface area (Å²) in [4.78, 5) is 0. The van der Waals surface area contributed by atoms with Crippen LogP contribution in [0.2, 0.25) is 0 Å². The van der Waals surface area contributed by atoms with Crippen molar-refractivity contribution >= 4 is 0 Å². The molecule has 0 radical (unpaired) electrons. The van der Waals surface area contributed by atoms with Gasteiger partial charge in [-0.25, -0.2) is 0 Å². The Kier molecular flexibility index (Phi) is 3.53. The zero-order valence-corrected chi connectivity index (χ0v) is 12.3. The van der Waals surface area contributed by atoms with Gasteiger partial charge in [-0.05, 0) is 43.7 Å². The van der Waals surface area contributed by atoms with Crippen LogP contribution in [0.15, 0.2) is 28.7 Å². The van der Waals surface area contributed by atoms with Gasteiger partial charge in [-0.3, -0.25) is 0 Å². The third kappa shape index (κ3) is 2.34. The molecule has 106 valence electrons. The maximum Gasteiger partial charge on any atom is 0.122 e. The van der Waals surface area contributed by atoms with E-state index in [0.29, 0.717) is 0 Å². The zero-order valence-electron chi connectivity index (χ0n) is 12.3. The highest BCUT2D eigenvalue weighted by molar-refractivity contribution is 5.44. The van der Waals surface area contributed by atoms with E-state index >= 15 is 0 Å². The van der Waals surface area contributed by atoms with E-state index in [4.69, 9.17) is 9.15 Å². The zero-order chi connectivity index (χ0) is 14.1. The van der Waals surface area contributed by atoms with Crippen LogP contribution in [0.4, 0.5) is 0 Å². The molecule has 0 fully saturated rings. The van der Waals surface area contributed by atoms with Crippen LogP contribution in [0.5, 0.6) is 5.75 Å². The van der Waals surface area contributed by atoms with Crippen molar-refractivity contribution in [1.29, 1.82) is 0 Å². The van der Waals surface area contributed by atoms with Crippen LogP contribution in [-0.4, -0.2) is 13.2 Å². The average molecular weight is 271 g/mol. The number of hydrogen-bond acceptors (Lipinski definition) is 3. The van der Waals surface area contributed by atoms with Crippen LogP contribution < -0.4 is 10.1 Å². The first-order valence-corrected chi connectivity index (χ1v) is 7.25. The van der Waals surface area contributed by atoms with E-state index in [1.165, 1.54) is 16.7 Å². The van der Waals surface area contributed by atoms with Crippen LogP contribution in [-0.2, 0) is 6.42 Å². The molecule has 1 unspecified atom stereocenters. The second-order valence-electron chi connectivity index (χ2n) is 5.32. The van der Waals surface area contributed by atoms with E-state index in [1.54, 1.807) is 0 Å². The second-order valence-corrected chi connectivity index (χ2v) is 5.32. The normalized spacial score (nSPS) is 14.9. The van der Waals surface area contributed by atoms with Crippen LogP contribution in [0.25, 0.3) is 0 Å². The monoisotopic (exact) mass is 271 g/mol. The molecule has 20 heavy (non-hydrogen) atoms. The number of rotatable bonds is 4. The summed E-state index contributed by atoms with van der Waals surface area (Å²) in [6.45, 7) is 7.88. The molecule has 0 amide bonds. The van der Waals surface area contributed by atoms with Gasteiger partial charge >= 0.3 is 0 Å². The van der Waals surface area contributed by atoms with Crippen molar-refractivity contribution in [3.05, 3.63) is 52.5 Å². The SMILES string of the molecule is CCNC(c1ccc2c(c1)CCO2)c1cc(C)oc1C. The number of benzene rings is 1. The van der Waals surface area contributed by atoms with Crippen LogP contribution >= 0.6 is 0 Å². The highest BCUT2D eigenvalue weighted by Gasteiger charge is 2.21. The van der Waals surface area contributed by atoms with Crippen molar-refractivity contribution in [1.82, 2.24) is 5.32 Å². The molecule has 1 aromatic carbocycles. The average Bonchev–Trinajstić information content (AvgIpc) is 3.01. The largest absolute Gasteiger partial charge is 0.493 e. The second kappa shape index (κ2) is 5.33. The van der Waals surface area contributed by atoms with Gasteiger partial charge in [0.25, 0.3) is 0 Å². The lowest BCUT2D eigenvalue weighted by atomic mass is 9.96. The standard InChI is InChI=1S/C17H21NO2/c1-4-18-17(15-9-11(2)20-12(15)3)14-5-6-16-13(10-14)7-8-19-16/h5-6,9-10,17-18H,4,7-8H2,1-3H3. The molecule has 3 rings (SSSR count). The fourth-order valence-electron chi connectivity index (χ4n) is 2.93. The third-order valence-corrected chi connectivity index (χ3v) is 3.85. The summed E-state index contributed by atoms with van der Waals surface area (Å²) < 4.78 is 11.3. The molecule has 0 saturated carbocycles. The minimum absolute atomic E-state index is 0.184. The molecule has 2 heterocycles. The number of hydrogen-bond donors (Lipinski definition) is 1. The smallest absolute Gasteiger partial charge is 0.122 e. The lowest BCUT2D eigenvalue weighted by Gasteiger charge is -2.18. The fourth-order valence-corrected chi connectivity index (χ4v) is 2.93. The van der Waals surface area contributed by atoms with Crippen molar-refractivity contribution in [3.8, 4) is 5.75 Å². The molecule has 1 atom stereocenters. The van der Waals surface area contributed by atoms with Gasteiger partial charge in [0, 0.05) is 12.0 Å². The Bertz CT molecular complexity index is 615. The summed E-state index contributed by atoms with van der Waals surface area (Å²) in [6, 6.07) is 8.82. The van der Waals surface area contributed by atoms with Crippen molar-refractivity contribution in [3.63, 3.8) is 0 Å². The van der Waals surface area contributed by atoms with Gasteiger partial charge in [0.05, 0.1) is 12.6 Å². The molecule has 0 aliphatic carbocycles. The molecular formula is C17H21NO2. The molecular weight excluding hydrogens is 250 g/mol. The van der Waals surface area contributed by atoms with Gasteiger partial charge in [0.15, 0.2) is 0 Å². The van der Waals surface area contributed by atoms with Gasteiger partial charge in [0.1, 0.15) is 17.3 Å². The third-order valence-electron chi connectivity index (χ3n) is 3.85. The molecule has 1 aromatic heterocycles. The maximum absolute atomic E-state index is 5.69. The van der Waals surface area contributed by atoms with Gasteiger partial charge in [-0.1, -0.05) is 19.1 Å². The van der Waals surface area contributed by atoms with E-state index in [0.717, 1.165) is 36.8 Å². The number of furan rings is 1. The Morgan fingerprint density at radius 1 is 1.25 bits per heavy atom. The number of aryl methyl sites for hydroxylation is 2. The summed E-state index contributed by atoms with van der Waals surface area (Å²) >= 11 is 0. The Balaban J connectivity index is 2.00. The van der Waals surface area contributed by atoms with Gasteiger partial charge in [-0.2, -0.15) is 0 Å². The Morgan fingerprint density at radius 2 is 2.10 bits per heavy atom. The maximum atomic E-state index is 5.69. The highest BCUT2D eigenvalue weighted by atomic mass is 16.5. The fraction of sp³-hybridized carbons (Fsp3) is 0.412. The van der Waals surface area contributed by atoms with E-state index in [9.17, 15) is 0 Å². The van der Waals surface area contributed by atoms with E-state index in [2.05, 4.69) is 36.5 Å². The lowest BCUT2D eigenvalue weighted by molar-refractivity contribution is 0.357. The minimum Gasteiger partial charge on any atom is -0.493 e. The lowest BCUT2D eigenvalue weighted by Crippen LogP contribution is -2.22. The predicted molar refractivity (Wildman–Crippen MR) is 79.3 cm³/mol. The highest BCUT2D eigenvalue weighted by Crippen LogP contribution is 2.32. The van der Waals surface area contributed by atoms with Crippen LogP contribution in [0.1, 0.15) is 41.2 Å². The van der Waals surface area contributed by atoms with Crippen molar-refractivity contribution in [2.45, 2.75) is 33.2 Å². The first-order chi connectivity index (χ1) is 9.69. The Labute approximate surface area is 119 Å². The van der Waals surface area contributed by atoms with Gasteiger partial charge in [-0.15, -0.1) is 0 Å². The molecule has 0 saturated heterocycles. The molecule has 1 aliphatic rings. The minimum atomic E-state index is 0.184. The number of ether oxygens (including phenoxy) is 1. The summed E-state index contributed by atoms with van der Waals surface area (Å²) in [5.74, 6) is 2.99. The van der Waals surface area contributed by atoms with Gasteiger partial charge in [0.2, 0.25) is 0 Å². The van der Waals surface area contributed by atoms with E-state index < -0.39 is 0 Å². The topological polar surface area (TPSA) is 34.4 Å². The van der Waals surface area contributed by atoms with Crippen molar-refractivity contribution < 1.29 is 9.15 Å². The molecule has 1 N–H and O–H groups in total. The van der Waals surface area contributed by atoms with Crippen molar-refractivity contribution in [2.24, 2.45) is 0 Å². The summed E-state index contributed by atoms with van der Waals surface area (Å²) in [5.41, 5.74) is 3.81.